The zero-order valence-corrected chi connectivity index (χ0v) is 15.8. The highest BCUT2D eigenvalue weighted by molar-refractivity contribution is 5.78. The molecule has 2 N–H and O–H groups in total. The monoisotopic (exact) mass is 359 g/mol. The number of hydrogen-bond acceptors (Lipinski definition) is 5. The lowest BCUT2D eigenvalue weighted by atomic mass is 10.1. The first kappa shape index (κ1) is 22.5. The van der Waals surface area contributed by atoms with E-state index in [0.29, 0.717) is 24.7 Å². The number of carbonyl (C=O) groups excluding carboxylic acids is 1. The molecule has 1 aromatic carbocycles. The van der Waals surface area contributed by atoms with Crippen LogP contribution in [0.4, 0.5) is 0 Å². The van der Waals surface area contributed by atoms with E-state index in [-0.39, 0.29) is 30.5 Å². The molecule has 0 radical (unpaired) electrons. The molecule has 0 unspecified atom stereocenters. The summed E-state index contributed by atoms with van der Waals surface area (Å²) in [6, 6.07) is 5.66. The van der Waals surface area contributed by atoms with Gasteiger partial charge in [0.1, 0.15) is 0 Å². The van der Waals surface area contributed by atoms with Gasteiger partial charge in [-0.2, -0.15) is 0 Å². The van der Waals surface area contributed by atoms with Crippen LogP contribution < -0.4 is 32.5 Å². The average molecular weight is 360 g/mol. The van der Waals surface area contributed by atoms with Crippen molar-refractivity contribution in [3.63, 3.8) is 0 Å². The van der Waals surface area contributed by atoms with Crippen LogP contribution in [-0.4, -0.2) is 45.4 Å². The topological polar surface area (TPSA) is 68.8 Å². The summed E-state index contributed by atoms with van der Waals surface area (Å²) in [7, 11) is 3.25. The molecule has 6 nitrogen and oxygen atoms in total. The molecule has 24 heavy (non-hydrogen) atoms. The van der Waals surface area contributed by atoms with Crippen molar-refractivity contribution in [2.75, 3.05) is 34.0 Å². The molecule has 1 aromatic rings. The molecular weight excluding hydrogens is 332 g/mol. The highest BCUT2D eigenvalue weighted by atomic mass is 35.5. The first-order valence-corrected chi connectivity index (χ1v) is 7.66. The third kappa shape index (κ3) is 8.38. The Balaban J connectivity index is 0.00000529. The third-order valence-electron chi connectivity index (χ3n) is 2.94. The van der Waals surface area contributed by atoms with Crippen LogP contribution in [0.2, 0.25) is 0 Å². The second kappa shape index (κ2) is 11.1. The number of amides is 1. The second-order valence-electron chi connectivity index (χ2n) is 6.20. The van der Waals surface area contributed by atoms with Gasteiger partial charge in [-0.1, -0.05) is 12.1 Å². The lowest BCUT2D eigenvalue weighted by molar-refractivity contribution is -0.124. The molecular formula is C17H28ClN2O4-. The Morgan fingerprint density at radius 1 is 1.21 bits per heavy atom. The molecule has 0 saturated carbocycles. The molecule has 0 heterocycles. The minimum Gasteiger partial charge on any atom is -1.00 e. The number of para-hydroxylation sites is 1. The van der Waals surface area contributed by atoms with Gasteiger partial charge in [-0.15, -0.1) is 0 Å². The van der Waals surface area contributed by atoms with Crippen molar-refractivity contribution in [2.24, 2.45) is 0 Å². The summed E-state index contributed by atoms with van der Waals surface area (Å²) in [5.41, 5.74) is 0.648. The van der Waals surface area contributed by atoms with Gasteiger partial charge in [-0.05, 0) is 26.8 Å². The number of ether oxygens (including phenoxy) is 3. The van der Waals surface area contributed by atoms with E-state index < -0.39 is 0 Å². The van der Waals surface area contributed by atoms with Gasteiger partial charge in [0.2, 0.25) is 0 Å². The van der Waals surface area contributed by atoms with Crippen LogP contribution in [0.15, 0.2) is 18.2 Å². The molecule has 0 saturated heterocycles. The maximum Gasteiger partial charge on any atom is 0.258 e. The lowest BCUT2D eigenvalue weighted by Crippen LogP contribution is -3.00. The zero-order valence-electron chi connectivity index (χ0n) is 15.1. The van der Waals surface area contributed by atoms with E-state index in [9.17, 15) is 4.79 Å². The molecule has 0 aliphatic rings. The molecule has 0 aliphatic heterocycles. The van der Waals surface area contributed by atoms with Crippen molar-refractivity contribution >= 4 is 5.91 Å². The van der Waals surface area contributed by atoms with Crippen LogP contribution >= 0.6 is 0 Å². The predicted molar refractivity (Wildman–Crippen MR) is 90.0 cm³/mol. The standard InChI is InChI=1S/C17H28N2O4.ClH/c1-17(2,3)19-15(20)12-23-16-13(11-18-9-10-21-4)7-6-8-14(16)22-5;/h6-8,18H,9-12H2,1-5H3,(H,19,20);1H/p-1. The van der Waals surface area contributed by atoms with Crippen molar-refractivity contribution in [1.82, 2.24) is 10.6 Å². The minimum absolute atomic E-state index is 0. The van der Waals surface area contributed by atoms with Gasteiger partial charge in [0.05, 0.1) is 13.7 Å². The quantitative estimate of drug-likeness (QED) is 0.538. The van der Waals surface area contributed by atoms with Gasteiger partial charge in [-0.3, -0.25) is 4.79 Å². The number of hydrogen-bond donors (Lipinski definition) is 2. The maximum absolute atomic E-state index is 11.9. The van der Waals surface area contributed by atoms with E-state index in [1.54, 1.807) is 14.2 Å². The number of methoxy groups -OCH3 is 2. The van der Waals surface area contributed by atoms with Crippen LogP contribution in [0.3, 0.4) is 0 Å². The van der Waals surface area contributed by atoms with Crippen LogP contribution in [0.1, 0.15) is 26.3 Å². The van der Waals surface area contributed by atoms with Gasteiger partial charge in [0, 0.05) is 31.3 Å². The number of benzene rings is 1. The van der Waals surface area contributed by atoms with E-state index in [2.05, 4.69) is 10.6 Å². The Labute approximate surface area is 150 Å². The van der Waals surface area contributed by atoms with Crippen molar-refractivity contribution in [2.45, 2.75) is 32.9 Å². The summed E-state index contributed by atoms with van der Waals surface area (Å²) in [5, 5.41) is 6.13. The van der Waals surface area contributed by atoms with Crippen molar-refractivity contribution < 1.29 is 31.4 Å². The molecule has 0 atom stereocenters. The van der Waals surface area contributed by atoms with Crippen molar-refractivity contribution in [3.8, 4) is 11.5 Å². The second-order valence-corrected chi connectivity index (χ2v) is 6.20. The highest BCUT2D eigenvalue weighted by Gasteiger charge is 2.16. The molecule has 0 aliphatic carbocycles. The fourth-order valence-electron chi connectivity index (χ4n) is 2.01. The molecule has 0 spiro atoms. The van der Waals surface area contributed by atoms with Gasteiger partial charge in [0.25, 0.3) is 5.91 Å². The summed E-state index contributed by atoms with van der Waals surface area (Å²) in [6.45, 7) is 7.71. The van der Waals surface area contributed by atoms with Gasteiger partial charge >= 0.3 is 0 Å². The highest BCUT2D eigenvalue weighted by Crippen LogP contribution is 2.31. The molecule has 138 valence electrons. The van der Waals surface area contributed by atoms with E-state index >= 15 is 0 Å². The fraction of sp³-hybridized carbons (Fsp3) is 0.588. The largest absolute Gasteiger partial charge is 1.00 e. The first-order valence-electron chi connectivity index (χ1n) is 7.66. The van der Waals surface area contributed by atoms with Crippen molar-refractivity contribution in [3.05, 3.63) is 23.8 Å². The fourth-order valence-corrected chi connectivity index (χ4v) is 2.01. The Hall–Kier alpha value is -1.50. The van der Waals surface area contributed by atoms with Crippen LogP contribution in [0, 0.1) is 0 Å². The Kier molecular flexibility index (Phi) is 10.4. The summed E-state index contributed by atoms with van der Waals surface area (Å²) >= 11 is 0. The van der Waals surface area contributed by atoms with Crippen LogP contribution in [-0.2, 0) is 16.1 Å². The minimum atomic E-state index is -0.286. The normalized spacial score (nSPS) is 10.7. The molecule has 0 aromatic heterocycles. The SMILES string of the molecule is COCCNCc1cccc(OC)c1OCC(=O)NC(C)(C)C.[Cl-]. The van der Waals surface area contributed by atoms with E-state index in [4.69, 9.17) is 14.2 Å². The zero-order chi connectivity index (χ0) is 17.3. The molecule has 7 heteroatoms. The van der Waals surface area contributed by atoms with E-state index in [1.165, 1.54) is 0 Å². The molecule has 0 bridgehead atoms. The number of halogens is 1. The Morgan fingerprint density at radius 2 is 1.92 bits per heavy atom. The third-order valence-corrected chi connectivity index (χ3v) is 2.94. The van der Waals surface area contributed by atoms with Gasteiger partial charge in [0.15, 0.2) is 18.1 Å². The first-order chi connectivity index (χ1) is 10.9. The lowest BCUT2D eigenvalue weighted by Gasteiger charge is -2.21. The van der Waals surface area contributed by atoms with Gasteiger partial charge < -0.3 is 37.3 Å². The number of nitrogens with one attached hydrogen (secondary N) is 2. The van der Waals surface area contributed by atoms with Crippen LogP contribution in [0.5, 0.6) is 11.5 Å². The van der Waals surface area contributed by atoms with Gasteiger partial charge in [-0.25, -0.2) is 0 Å². The summed E-state index contributed by atoms with van der Waals surface area (Å²) in [4.78, 5) is 11.9. The summed E-state index contributed by atoms with van der Waals surface area (Å²) in [5.74, 6) is 1.03. The Bertz CT molecular complexity index is 504. The number of carbonyl (C=O) groups is 1. The van der Waals surface area contributed by atoms with E-state index in [1.807, 2.05) is 39.0 Å². The molecule has 0 fully saturated rings. The van der Waals surface area contributed by atoms with Crippen molar-refractivity contribution in [1.29, 1.82) is 0 Å². The number of rotatable bonds is 9. The van der Waals surface area contributed by atoms with Crippen LogP contribution in [0.25, 0.3) is 0 Å². The predicted octanol–water partition coefficient (Wildman–Crippen LogP) is -1.27. The Morgan fingerprint density at radius 3 is 2.50 bits per heavy atom. The average Bonchev–Trinajstić information content (AvgIpc) is 2.48. The summed E-state index contributed by atoms with van der Waals surface area (Å²) < 4.78 is 16.1. The molecule has 1 amide bonds. The van der Waals surface area contributed by atoms with E-state index in [0.717, 1.165) is 12.1 Å². The maximum atomic E-state index is 11.9. The molecule has 1 rings (SSSR count). The summed E-state index contributed by atoms with van der Waals surface area (Å²) in [6.07, 6.45) is 0. The smallest absolute Gasteiger partial charge is 0.258 e.